The number of thioether (sulfide) groups is 1. The minimum atomic E-state index is 0.679. The molecule has 1 aromatic heterocycles. The smallest absolute Gasteiger partial charge is 0.0964 e. The Morgan fingerprint density at radius 1 is 1.57 bits per heavy atom. The first-order chi connectivity index (χ1) is 6.84. The molecule has 0 aliphatic carbocycles. The lowest BCUT2D eigenvalue weighted by Crippen LogP contribution is -2.32. The van der Waals surface area contributed by atoms with Crippen molar-refractivity contribution < 1.29 is 0 Å². The van der Waals surface area contributed by atoms with Crippen LogP contribution in [0.5, 0.6) is 0 Å². The van der Waals surface area contributed by atoms with Crippen molar-refractivity contribution in [1.29, 1.82) is 0 Å². The second-order valence-electron chi connectivity index (χ2n) is 3.59. The van der Waals surface area contributed by atoms with E-state index in [4.69, 9.17) is 0 Å². The van der Waals surface area contributed by atoms with Crippen LogP contribution in [0, 0.1) is 0 Å². The summed E-state index contributed by atoms with van der Waals surface area (Å²) in [5.74, 6) is 2.58. The SMILES string of the molecule is Cn1ncc(CNC2CCSCC2)n1. The zero-order valence-electron chi connectivity index (χ0n) is 8.44. The Kier molecular flexibility index (Phi) is 3.42. The molecular formula is C9H16N4S. The Bertz CT molecular complexity index is 280. The molecule has 1 N–H and O–H groups in total. The van der Waals surface area contributed by atoms with Crippen LogP contribution < -0.4 is 5.32 Å². The van der Waals surface area contributed by atoms with E-state index in [0.717, 1.165) is 12.2 Å². The van der Waals surface area contributed by atoms with Crippen molar-refractivity contribution in [3.05, 3.63) is 11.9 Å². The third-order valence-electron chi connectivity index (χ3n) is 2.44. The van der Waals surface area contributed by atoms with Gasteiger partial charge in [0.25, 0.3) is 0 Å². The molecular weight excluding hydrogens is 196 g/mol. The molecule has 0 unspecified atom stereocenters. The molecule has 0 spiro atoms. The lowest BCUT2D eigenvalue weighted by Gasteiger charge is -2.21. The summed E-state index contributed by atoms with van der Waals surface area (Å²) in [6.45, 7) is 0.850. The molecule has 1 saturated heterocycles. The average molecular weight is 212 g/mol. The van der Waals surface area contributed by atoms with Gasteiger partial charge in [-0.2, -0.15) is 26.8 Å². The molecule has 5 heteroatoms. The largest absolute Gasteiger partial charge is 0.308 e. The predicted molar refractivity (Wildman–Crippen MR) is 58.2 cm³/mol. The van der Waals surface area contributed by atoms with E-state index in [1.807, 2.05) is 13.2 Å². The molecule has 0 atom stereocenters. The van der Waals surface area contributed by atoms with E-state index < -0.39 is 0 Å². The zero-order chi connectivity index (χ0) is 9.80. The lowest BCUT2D eigenvalue weighted by atomic mass is 10.1. The first-order valence-electron chi connectivity index (χ1n) is 5.01. The molecule has 1 fully saturated rings. The quantitative estimate of drug-likeness (QED) is 0.805. The predicted octanol–water partition coefficient (Wildman–Crippen LogP) is 0.800. The number of aryl methyl sites for hydroxylation is 1. The van der Waals surface area contributed by atoms with Crippen LogP contribution in [-0.4, -0.2) is 32.5 Å². The molecule has 2 heterocycles. The number of hydrogen-bond donors (Lipinski definition) is 1. The van der Waals surface area contributed by atoms with E-state index in [0.29, 0.717) is 6.04 Å². The highest BCUT2D eigenvalue weighted by atomic mass is 32.2. The van der Waals surface area contributed by atoms with E-state index in [-0.39, 0.29) is 0 Å². The van der Waals surface area contributed by atoms with Crippen LogP contribution in [0.1, 0.15) is 18.5 Å². The highest BCUT2D eigenvalue weighted by Crippen LogP contribution is 2.16. The number of nitrogens with zero attached hydrogens (tertiary/aromatic N) is 3. The first-order valence-corrected chi connectivity index (χ1v) is 6.16. The summed E-state index contributed by atoms with van der Waals surface area (Å²) in [7, 11) is 1.85. The molecule has 0 bridgehead atoms. The van der Waals surface area contributed by atoms with Gasteiger partial charge in [-0.05, 0) is 24.3 Å². The number of hydrogen-bond acceptors (Lipinski definition) is 4. The molecule has 1 aromatic rings. The van der Waals surface area contributed by atoms with Crippen LogP contribution in [0.2, 0.25) is 0 Å². The summed E-state index contributed by atoms with van der Waals surface area (Å²) in [5.41, 5.74) is 1.03. The highest BCUT2D eigenvalue weighted by Gasteiger charge is 2.12. The first kappa shape index (κ1) is 9.98. The maximum Gasteiger partial charge on any atom is 0.0964 e. The van der Waals surface area contributed by atoms with Crippen molar-refractivity contribution in [3.8, 4) is 0 Å². The Labute approximate surface area is 88.4 Å². The Hall–Kier alpha value is -0.550. The fraction of sp³-hybridized carbons (Fsp3) is 0.778. The third kappa shape index (κ3) is 2.72. The zero-order valence-corrected chi connectivity index (χ0v) is 9.26. The minimum absolute atomic E-state index is 0.679. The Morgan fingerprint density at radius 2 is 2.36 bits per heavy atom. The molecule has 4 nitrogen and oxygen atoms in total. The molecule has 78 valence electrons. The van der Waals surface area contributed by atoms with Gasteiger partial charge in [-0.25, -0.2) is 0 Å². The lowest BCUT2D eigenvalue weighted by molar-refractivity contribution is 0.476. The van der Waals surface area contributed by atoms with Crippen LogP contribution >= 0.6 is 11.8 Å². The number of rotatable bonds is 3. The summed E-state index contributed by atoms with van der Waals surface area (Å²) in [4.78, 5) is 1.60. The van der Waals surface area contributed by atoms with Gasteiger partial charge in [0.1, 0.15) is 0 Å². The molecule has 0 radical (unpaired) electrons. The maximum absolute atomic E-state index is 4.23. The van der Waals surface area contributed by atoms with Gasteiger partial charge < -0.3 is 5.32 Å². The molecule has 0 saturated carbocycles. The van der Waals surface area contributed by atoms with E-state index in [9.17, 15) is 0 Å². The molecule has 2 rings (SSSR count). The fourth-order valence-electron chi connectivity index (χ4n) is 1.62. The van der Waals surface area contributed by atoms with Gasteiger partial charge in [0.2, 0.25) is 0 Å². The number of nitrogens with one attached hydrogen (secondary N) is 1. The average Bonchev–Trinajstić information content (AvgIpc) is 2.63. The monoisotopic (exact) mass is 212 g/mol. The van der Waals surface area contributed by atoms with Crippen LogP contribution in [0.4, 0.5) is 0 Å². The number of aromatic nitrogens is 3. The second kappa shape index (κ2) is 4.79. The van der Waals surface area contributed by atoms with Gasteiger partial charge in [-0.3, -0.25) is 0 Å². The van der Waals surface area contributed by atoms with Crippen LogP contribution in [0.15, 0.2) is 6.20 Å². The van der Waals surface area contributed by atoms with Gasteiger partial charge in [0, 0.05) is 19.6 Å². The molecule has 0 aromatic carbocycles. The second-order valence-corrected chi connectivity index (χ2v) is 4.82. The normalized spacial score (nSPS) is 18.6. The summed E-state index contributed by atoms with van der Waals surface area (Å²) >= 11 is 2.05. The van der Waals surface area contributed by atoms with Gasteiger partial charge in [0.05, 0.1) is 11.9 Å². The summed E-state index contributed by atoms with van der Waals surface area (Å²) < 4.78 is 0. The van der Waals surface area contributed by atoms with E-state index in [1.54, 1.807) is 4.80 Å². The molecule has 1 aliphatic heterocycles. The van der Waals surface area contributed by atoms with Crippen molar-refractivity contribution in [2.75, 3.05) is 11.5 Å². The van der Waals surface area contributed by atoms with E-state index in [2.05, 4.69) is 27.3 Å². The van der Waals surface area contributed by atoms with Crippen molar-refractivity contribution >= 4 is 11.8 Å². The van der Waals surface area contributed by atoms with Crippen molar-refractivity contribution in [2.45, 2.75) is 25.4 Å². The van der Waals surface area contributed by atoms with E-state index in [1.165, 1.54) is 24.3 Å². The van der Waals surface area contributed by atoms with Gasteiger partial charge in [-0.15, -0.1) is 0 Å². The molecule has 14 heavy (non-hydrogen) atoms. The fourth-order valence-corrected chi connectivity index (χ4v) is 2.73. The maximum atomic E-state index is 4.23. The highest BCUT2D eigenvalue weighted by molar-refractivity contribution is 7.99. The van der Waals surface area contributed by atoms with Crippen LogP contribution in [0.3, 0.4) is 0 Å². The van der Waals surface area contributed by atoms with E-state index >= 15 is 0 Å². The van der Waals surface area contributed by atoms with Crippen molar-refractivity contribution in [1.82, 2.24) is 20.3 Å². The summed E-state index contributed by atoms with van der Waals surface area (Å²) in [6, 6.07) is 0.679. The van der Waals surface area contributed by atoms with Crippen LogP contribution in [-0.2, 0) is 13.6 Å². The van der Waals surface area contributed by atoms with Crippen molar-refractivity contribution in [2.24, 2.45) is 7.05 Å². The minimum Gasteiger partial charge on any atom is -0.308 e. The topological polar surface area (TPSA) is 42.7 Å². The molecule has 1 aliphatic rings. The van der Waals surface area contributed by atoms with Crippen molar-refractivity contribution in [3.63, 3.8) is 0 Å². The standard InChI is InChI=1S/C9H16N4S/c1-13-11-7-9(12-13)6-10-8-2-4-14-5-3-8/h7-8,10H,2-6H2,1H3. The van der Waals surface area contributed by atoms with Crippen LogP contribution in [0.25, 0.3) is 0 Å². The summed E-state index contributed by atoms with van der Waals surface area (Å²) in [5, 5.41) is 11.8. The third-order valence-corrected chi connectivity index (χ3v) is 3.49. The van der Waals surface area contributed by atoms with Gasteiger partial charge >= 0.3 is 0 Å². The molecule has 0 amide bonds. The summed E-state index contributed by atoms with van der Waals surface area (Å²) in [6.07, 6.45) is 4.39. The van der Waals surface area contributed by atoms with Gasteiger partial charge in [0.15, 0.2) is 0 Å². The Morgan fingerprint density at radius 3 is 3.00 bits per heavy atom. The van der Waals surface area contributed by atoms with Gasteiger partial charge in [-0.1, -0.05) is 0 Å². The Balaban J connectivity index is 1.76.